The normalized spacial score (nSPS) is 18.6. The summed E-state index contributed by atoms with van der Waals surface area (Å²) in [5.74, 6) is 2.55. The Kier molecular flexibility index (Phi) is 6.40. The summed E-state index contributed by atoms with van der Waals surface area (Å²) in [6.45, 7) is 9.43. The molecule has 2 aliphatic rings. The molecular formula is C26H35ClN6O. The smallest absolute Gasteiger partial charge is 0.223 e. The summed E-state index contributed by atoms with van der Waals surface area (Å²) in [6.07, 6.45) is 7.54. The van der Waals surface area contributed by atoms with Crippen molar-refractivity contribution >= 4 is 40.0 Å². The fourth-order valence-electron chi connectivity index (χ4n) is 5.38. The van der Waals surface area contributed by atoms with Crippen molar-refractivity contribution in [3.63, 3.8) is 0 Å². The second kappa shape index (κ2) is 9.33. The summed E-state index contributed by atoms with van der Waals surface area (Å²) < 4.78 is 2.19. The first kappa shape index (κ1) is 23.3. The number of fused-ring (bicyclic) bond motifs is 3. The van der Waals surface area contributed by atoms with Crippen molar-refractivity contribution in [2.75, 3.05) is 31.1 Å². The number of benzene rings is 1. The van der Waals surface area contributed by atoms with Gasteiger partial charge in [0.25, 0.3) is 0 Å². The Morgan fingerprint density at radius 1 is 1.03 bits per heavy atom. The number of amides is 1. The molecule has 3 aromatic rings. The first-order valence-corrected chi connectivity index (χ1v) is 13.0. The Bertz CT molecular complexity index is 1190. The molecule has 1 saturated carbocycles. The van der Waals surface area contributed by atoms with Crippen LogP contribution in [-0.2, 0) is 4.79 Å². The average molecular weight is 483 g/mol. The number of nitrogens with zero attached hydrogens (tertiary/aromatic N) is 6. The molecule has 0 radical (unpaired) electrons. The zero-order valence-corrected chi connectivity index (χ0v) is 21.3. The molecule has 8 heteroatoms. The summed E-state index contributed by atoms with van der Waals surface area (Å²) in [5, 5.41) is 11.0. The van der Waals surface area contributed by atoms with Crippen LogP contribution in [0.4, 0.5) is 5.95 Å². The first-order valence-electron chi connectivity index (χ1n) is 12.7. The van der Waals surface area contributed by atoms with Crippen LogP contribution in [0.15, 0.2) is 18.2 Å². The Morgan fingerprint density at radius 2 is 1.82 bits per heavy atom. The fraction of sp³-hybridized carbons (Fsp3) is 0.615. The van der Waals surface area contributed by atoms with Gasteiger partial charge in [0, 0.05) is 48.9 Å². The van der Waals surface area contributed by atoms with Crippen molar-refractivity contribution in [2.45, 2.75) is 71.6 Å². The van der Waals surface area contributed by atoms with Crippen molar-refractivity contribution in [2.24, 2.45) is 5.41 Å². The van der Waals surface area contributed by atoms with Crippen LogP contribution in [0.3, 0.4) is 0 Å². The minimum Gasteiger partial charge on any atom is -0.341 e. The van der Waals surface area contributed by atoms with E-state index < -0.39 is 0 Å². The SMILES string of the molecule is CC(C)(C)CC(=O)N1CCCN(c2nc3cc(Cl)ccc3c3nnc(C4CCCCC4)n23)CC1. The van der Waals surface area contributed by atoms with Gasteiger partial charge >= 0.3 is 0 Å². The number of carbonyl (C=O) groups is 1. The Hall–Kier alpha value is -2.41. The van der Waals surface area contributed by atoms with Gasteiger partial charge in [0.1, 0.15) is 5.82 Å². The molecule has 34 heavy (non-hydrogen) atoms. The summed E-state index contributed by atoms with van der Waals surface area (Å²) in [6, 6.07) is 5.80. The zero-order valence-electron chi connectivity index (χ0n) is 20.6. The van der Waals surface area contributed by atoms with Gasteiger partial charge in [-0.15, -0.1) is 10.2 Å². The molecule has 0 N–H and O–H groups in total. The third-order valence-corrected chi connectivity index (χ3v) is 7.33. The lowest BCUT2D eigenvalue weighted by molar-refractivity contribution is -0.132. The Morgan fingerprint density at radius 3 is 2.59 bits per heavy atom. The molecule has 2 fully saturated rings. The predicted molar refractivity (Wildman–Crippen MR) is 137 cm³/mol. The van der Waals surface area contributed by atoms with Gasteiger partial charge in [-0.3, -0.25) is 4.79 Å². The van der Waals surface area contributed by atoms with E-state index in [0.717, 1.165) is 67.2 Å². The van der Waals surface area contributed by atoms with E-state index in [9.17, 15) is 4.79 Å². The maximum absolute atomic E-state index is 12.9. The lowest BCUT2D eigenvalue weighted by Crippen LogP contribution is -2.37. The molecule has 2 aromatic heterocycles. The van der Waals surface area contributed by atoms with Crippen LogP contribution in [0.25, 0.3) is 16.6 Å². The quantitative estimate of drug-likeness (QED) is 0.496. The Labute approximate surface area is 206 Å². The molecule has 5 rings (SSSR count). The lowest BCUT2D eigenvalue weighted by atomic mass is 9.89. The van der Waals surface area contributed by atoms with E-state index in [4.69, 9.17) is 21.7 Å². The number of aromatic nitrogens is 4. The molecule has 3 heterocycles. The van der Waals surface area contributed by atoms with E-state index in [1.54, 1.807) is 0 Å². The van der Waals surface area contributed by atoms with E-state index in [0.29, 0.717) is 23.9 Å². The van der Waals surface area contributed by atoms with Crippen LogP contribution in [0.5, 0.6) is 0 Å². The third-order valence-electron chi connectivity index (χ3n) is 7.09. The number of hydrogen-bond donors (Lipinski definition) is 0. The summed E-state index contributed by atoms with van der Waals surface area (Å²) in [4.78, 5) is 22.3. The third kappa shape index (κ3) is 4.72. The molecule has 1 aromatic carbocycles. The maximum atomic E-state index is 12.9. The monoisotopic (exact) mass is 482 g/mol. The van der Waals surface area contributed by atoms with E-state index in [-0.39, 0.29) is 11.3 Å². The molecule has 1 amide bonds. The van der Waals surface area contributed by atoms with Crippen LogP contribution in [0.2, 0.25) is 5.02 Å². The van der Waals surface area contributed by atoms with Gasteiger partial charge in [-0.2, -0.15) is 0 Å². The fourth-order valence-corrected chi connectivity index (χ4v) is 5.55. The van der Waals surface area contributed by atoms with Crippen LogP contribution < -0.4 is 4.90 Å². The highest BCUT2D eigenvalue weighted by Gasteiger charge is 2.28. The summed E-state index contributed by atoms with van der Waals surface area (Å²) in [5.41, 5.74) is 1.68. The van der Waals surface area contributed by atoms with Crippen LogP contribution in [0.1, 0.15) is 77.5 Å². The van der Waals surface area contributed by atoms with Crippen LogP contribution >= 0.6 is 11.6 Å². The Balaban J connectivity index is 1.53. The number of carbonyl (C=O) groups excluding carboxylic acids is 1. The number of hydrogen-bond acceptors (Lipinski definition) is 5. The molecule has 1 aliphatic heterocycles. The van der Waals surface area contributed by atoms with Crippen molar-refractivity contribution in [3.8, 4) is 0 Å². The molecule has 182 valence electrons. The van der Waals surface area contributed by atoms with Gasteiger partial charge in [0.2, 0.25) is 11.9 Å². The predicted octanol–water partition coefficient (Wildman–Crippen LogP) is 5.45. The highest BCUT2D eigenvalue weighted by molar-refractivity contribution is 6.31. The number of rotatable bonds is 3. The van der Waals surface area contributed by atoms with E-state index in [1.165, 1.54) is 19.3 Å². The standard InChI is InChI=1S/C26H35ClN6O/c1-26(2,3)17-22(34)31-12-7-13-32(15-14-31)25-28-21-16-19(27)10-11-20(21)24-30-29-23(33(24)25)18-8-5-4-6-9-18/h10-11,16,18H,4-9,12-15,17H2,1-3H3. The number of halogens is 1. The second-order valence-electron chi connectivity index (χ2n) is 11.1. The van der Waals surface area contributed by atoms with Crippen molar-refractivity contribution in [3.05, 3.63) is 29.0 Å². The molecular weight excluding hydrogens is 448 g/mol. The van der Waals surface area contributed by atoms with Gasteiger partial charge in [-0.1, -0.05) is 51.6 Å². The molecule has 0 spiro atoms. The topological polar surface area (TPSA) is 66.6 Å². The van der Waals surface area contributed by atoms with Crippen LogP contribution in [-0.4, -0.2) is 56.6 Å². The number of anilines is 1. The molecule has 0 bridgehead atoms. The van der Waals surface area contributed by atoms with Crippen LogP contribution in [0, 0.1) is 5.41 Å². The van der Waals surface area contributed by atoms with Gasteiger partial charge in [0.15, 0.2) is 5.65 Å². The first-order chi connectivity index (χ1) is 16.3. The summed E-state index contributed by atoms with van der Waals surface area (Å²) >= 11 is 6.33. The van der Waals surface area contributed by atoms with Crippen molar-refractivity contribution < 1.29 is 4.79 Å². The molecule has 1 saturated heterocycles. The van der Waals surface area contributed by atoms with Gasteiger partial charge in [0.05, 0.1) is 5.52 Å². The minimum absolute atomic E-state index is 0.00815. The minimum atomic E-state index is -0.00815. The molecule has 1 aliphatic carbocycles. The second-order valence-corrected chi connectivity index (χ2v) is 11.5. The van der Waals surface area contributed by atoms with Crippen molar-refractivity contribution in [1.82, 2.24) is 24.5 Å². The largest absolute Gasteiger partial charge is 0.341 e. The van der Waals surface area contributed by atoms with E-state index >= 15 is 0 Å². The lowest BCUT2D eigenvalue weighted by Gasteiger charge is -2.27. The average Bonchev–Trinajstić information content (AvgIpc) is 3.08. The van der Waals surface area contributed by atoms with Gasteiger partial charge in [-0.05, 0) is 42.9 Å². The van der Waals surface area contributed by atoms with Gasteiger partial charge in [-0.25, -0.2) is 9.38 Å². The maximum Gasteiger partial charge on any atom is 0.223 e. The molecule has 7 nitrogen and oxygen atoms in total. The van der Waals surface area contributed by atoms with E-state index in [1.807, 2.05) is 23.1 Å². The zero-order chi connectivity index (χ0) is 23.9. The molecule has 0 unspecified atom stereocenters. The van der Waals surface area contributed by atoms with E-state index in [2.05, 4.69) is 35.2 Å². The highest BCUT2D eigenvalue weighted by atomic mass is 35.5. The van der Waals surface area contributed by atoms with Crippen molar-refractivity contribution in [1.29, 1.82) is 0 Å². The highest BCUT2D eigenvalue weighted by Crippen LogP contribution is 2.35. The summed E-state index contributed by atoms with van der Waals surface area (Å²) in [7, 11) is 0. The molecule has 0 atom stereocenters. The van der Waals surface area contributed by atoms with Gasteiger partial charge < -0.3 is 9.80 Å².